The highest BCUT2D eigenvalue weighted by Gasteiger charge is 2.37. The van der Waals surface area contributed by atoms with Crippen molar-refractivity contribution in [1.82, 2.24) is 20.3 Å². The predicted molar refractivity (Wildman–Crippen MR) is 339 cm³/mol. The number of nitrogens with zero attached hydrogens (tertiary/aromatic N) is 3. The van der Waals surface area contributed by atoms with Crippen molar-refractivity contribution in [2.45, 2.75) is 103 Å². The number of halogens is 12. The van der Waals surface area contributed by atoms with Gasteiger partial charge in [0.25, 0.3) is 5.91 Å². The molecule has 0 radical (unpaired) electrons. The highest BCUT2D eigenvalue weighted by atomic mass is 35.5. The third kappa shape index (κ3) is 21.0. The van der Waals surface area contributed by atoms with Crippen LogP contribution in [0.5, 0.6) is 11.5 Å². The highest BCUT2D eigenvalue weighted by Crippen LogP contribution is 2.39. The number of carboxylic acids is 1. The van der Waals surface area contributed by atoms with Gasteiger partial charge in [-0.25, -0.2) is 45.4 Å². The summed E-state index contributed by atoms with van der Waals surface area (Å²) in [6, 6.07) is 18.3. The van der Waals surface area contributed by atoms with Crippen LogP contribution in [0.15, 0.2) is 97.1 Å². The number of ether oxygens (including phenoxy) is 4. The van der Waals surface area contributed by atoms with Crippen LogP contribution in [0.1, 0.15) is 129 Å². The summed E-state index contributed by atoms with van der Waals surface area (Å²) in [7, 11) is -7.01. The van der Waals surface area contributed by atoms with Crippen LogP contribution < -0.4 is 30.0 Å². The molecule has 5 aromatic carbocycles. The second-order valence-corrected chi connectivity index (χ2v) is 26.4. The largest absolute Gasteiger partial charge is 0.489 e. The Morgan fingerprint density at radius 1 is 0.577 bits per heavy atom. The van der Waals surface area contributed by atoms with Gasteiger partial charge in [0.2, 0.25) is 20.0 Å². The molecule has 0 aliphatic carbocycles. The molecule has 2 fully saturated rings. The number of pyridine rings is 3. The van der Waals surface area contributed by atoms with Gasteiger partial charge >= 0.3 is 24.5 Å². The van der Waals surface area contributed by atoms with Crippen LogP contribution in [0.3, 0.4) is 0 Å². The number of amides is 1. The molecule has 0 spiro atoms. The van der Waals surface area contributed by atoms with Crippen LogP contribution in [0.2, 0.25) is 5.02 Å². The van der Waals surface area contributed by atoms with Gasteiger partial charge in [-0.1, -0.05) is 11.6 Å². The molecule has 522 valence electrons. The number of aromatic carboxylic acids is 1. The summed E-state index contributed by atoms with van der Waals surface area (Å²) in [6.45, 7) is 9.67. The fraction of sp³-hybridized carbons (Fsp3) is 0.344. The van der Waals surface area contributed by atoms with Gasteiger partial charge in [0.05, 0.1) is 83.5 Å². The molecule has 8 aromatic rings. The molecule has 2 aliphatic rings. The van der Waals surface area contributed by atoms with E-state index in [0.29, 0.717) is 79.8 Å². The molecular formula is C64H63ClF11N7O12S2. The van der Waals surface area contributed by atoms with E-state index in [-0.39, 0.29) is 89.9 Å². The van der Waals surface area contributed by atoms with Crippen LogP contribution in [0.25, 0.3) is 32.7 Å². The average Bonchev–Trinajstić information content (AvgIpc) is 0.795. The number of hydrogen-bond donors (Lipinski definition) is 5. The quantitative estimate of drug-likeness (QED) is 0.0500. The fourth-order valence-corrected chi connectivity index (χ4v) is 11.2. The first-order chi connectivity index (χ1) is 45.0. The second-order valence-electron chi connectivity index (χ2n) is 22.5. The van der Waals surface area contributed by atoms with Crippen molar-refractivity contribution in [1.29, 1.82) is 0 Å². The molecule has 0 bridgehead atoms. The van der Waals surface area contributed by atoms with Gasteiger partial charge in [-0.15, -0.1) is 0 Å². The lowest BCUT2D eigenvalue weighted by Crippen LogP contribution is -2.27. The third-order valence-electron chi connectivity index (χ3n) is 14.6. The van der Waals surface area contributed by atoms with E-state index >= 15 is 0 Å². The maximum Gasteiger partial charge on any atom is 0.433 e. The Morgan fingerprint density at radius 3 is 1.35 bits per heavy atom. The number of benzene rings is 5. The number of sulfonamides is 2. The summed E-state index contributed by atoms with van der Waals surface area (Å²) >= 11 is 5.79. The number of carboxylic acid groups (broad SMARTS) is 1. The lowest BCUT2D eigenvalue weighted by Gasteiger charge is -2.24. The Morgan fingerprint density at radius 2 is 0.948 bits per heavy atom. The summed E-state index contributed by atoms with van der Waals surface area (Å²) in [4.78, 5) is 46.1. The average molecular weight is 1430 g/mol. The van der Waals surface area contributed by atoms with Gasteiger partial charge < -0.3 is 35.1 Å². The topological polar surface area (TPSA) is 277 Å². The van der Waals surface area contributed by atoms with Crippen molar-refractivity contribution in [3.63, 3.8) is 0 Å². The summed E-state index contributed by atoms with van der Waals surface area (Å²) in [6.07, 6.45) is -10.4. The van der Waals surface area contributed by atoms with E-state index in [4.69, 9.17) is 41.4 Å². The number of nitrogens with one attached hydrogen (secondary N) is 3. The third-order valence-corrected chi connectivity index (χ3v) is 16.1. The first-order valence-corrected chi connectivity index (χ1v) is 33.3. The number of ketones is 1. The standard InChI is InChI=1S/C26H27F4N3O5S.C16H14F3NO4.C12H7ClF3NO.C10H15FN2O2S/c1-14-10-18(20(27)12-22(14)33-39(3,35)36)15(2)31-25(34)16-4-5-21-19(11-16)23(13-24(32-21)26(28,29)30)38-17-6-8-37-9-7-17;17-16(18,19)14-8-13(24-10-3-5-23-6-4-10)11-7-9(15(21)22)1-2-12(11)20-14;1-6(18)7-2-3-10-8(4-7)9(13)5-11(17-10)12(14,15)16;1-6-4-8(7(2)12)9(11)5-10(6)13-16(3,14)15/h4-5,10-13,15,17,33H,6-9H2,1-3H3,(H,31,34);1-2,7-8,10H,3-6H2,(H,21,22);2-5H,1H3;4-5,7,13H,12H2,1-3H3/t15-;;;7-/m1..1/s1. The zero-order chi connectivity index (χ0) is 71.9. The number of Topliss-reactive ketones (excluding diaryl/α,β-unsaturated/α-hetero) is 1. The van der Waals surface area contributed by atoms with Crippen molar-refractivity contribution in [3.8, 4) is 11.5 Å². The lowest BCUT2D eigenvalue weighted by atomic mass is 10.0. The Hall–Kier alpha value is -8.56. The van der Waals surface area contributed by atoms with Crippen molar-refractivity contribution < 1.29 is 104 Å². The first-order valence-electron chi connectivity index (χ1n) is 29.1. The molecular weight excluding hydrogens is 1370 g/mol. The summed E-state index contributed by atoms with van der Waals surface area (Å²) < 4.78 is 217. The number of hydrogen-bond acceptors (Lipinski definition) is 15. The van der Waals surface area contributed by atoms with Crippen LogP contribution in [0, 0.1) is 25.5 Å². The summed E-state index contributed by atoms with van der Waals surface area (Å²) in [5.41, 5.74) is 4.87. The van der Waals surface area contributed by atoms with E-state index in [1.165, 1.54) is 67.6 Å². The van der Waals surface area contributed by atoms with Crippen LogP contribution in [-0.2, 0) is 48.0 Å². The highest BCUT2D eigenvalue weighted by molar-refractivity contribution is 7.92. The first kappa shape index (κ1) is 75.8. The molecule has 2 saturated heterocycles. The lowest BCUT2D eigenvalue weighted by molar-refractivity contribution is -0.141. The smallest absolute Gasteiger partial charge is 0.433 e. The van der Waals surface area contributed by atoms with Crippen LogP contribution >= 0.6 is 11.6 Å². The van der Waals surface area contributed by atoms with Gasteiger partial charge in [0.1, 0.15) is 52.4 Å². The molecule has 2 aliphatic heterocycles. The molecule has 0 saturated carbocycles. The predicted octanol–water partition coefficient (Wildman–Crippen LogP) is 14.3. The molecule has 0 unspecified atom stereocenters. The molecule has 97 heavy (non-hydrogen) atoms. The van der Waals surface area contributed by atoms with E-state index in [1.54, 1.807) is 33.8 Å². The number of carbonyl (C=O) groups excluding carboxylic acids is 2. The summed E-state index contributed by atoms with van der Waals surface area (Å²) in [5.74, 6) is -3.25. The van der Waals surface area contributed by atoms with Crippen molar-refractivity contribution >= 4 is 93.4 Å². The van der Waals surface area contributed by atoms with Crippen LogP contribution in [0.4, 0.5) is 59.7 Å². The van der Waals surface area contributed by atoms with E-state index in [0.717, 1.165) is 42.8 Å². The minimum Gasteiger partial charge on any atom is -0.489 e. The maximum atomic E-state index is 14.8. The van der Waals surface area contributed by atoms with Gasteiger partial charge in [0, 0.05) is 82.3 Å². The Kier molecular flexibility index (Phi) is 24.1. The number of carbonyl (C=O) groups is 3. The van der Waals surface area contributed by atoms with E-state index in [1.807, 2.05) is 0 Å². The molecule has 6 N–H and O–H groups in total. The molecule has 1 amide bonds. The maximum absolute atomic E-state index is 14.8. The normalized spacial score (nSPS) is 14.8. The van der Waals surface area contributed by atoms with Gasteiger partial charge in [-0.2, -0.15) is 39.5 Å². The number of anilines is 2. The number of rotatable bonds is 14. The van der Waals surface area contributed by atoms with Crippen LogP contribution in [-0.4, -0.2) is 106 Å². The molecule has 33 heteroatoms. The monoisotopic (exact) mass is 1430 g/mol. The molecule has 3 aromatic heterocycles. The van der Waals surface area contributed by atoms with Gasteiger partial charge in [-0.05, 0) is 131 Å². The second kappa shape index (κ2) is 30.9. The minimum atomic E-state index is -4.69. The van der Waals surface area contributed by atoms with Crippen molar-refractivity contribution in [2.24, 2.45) is 5.73 Å². The molecule has 5 heterocycles. The van der Waals surface area contributed by atoms with E-state index in [9.17, 15) is 79.5 Å². The number of fused-ring (bicyclic) bond motifs is 3. The molecule has 10 rings (SSSR count). The van der Waals surface area contributed by atoms with Crippen molar-refractivity contribution in [3.05, 3.63) is 170 Å². The number of alkyl halides is 9. The SMILES string of the molecule is CC(=O)c1ccc2nc(C(F)(F)F)cc(Cl)c2c1.Cc1cc([C@@H](C)N)c(F)cc1NS(C)(=O)=O.Cc1cc([C@@H](C)NC(=O)c2ccc3nc(C(F)(F)F)cc(OC4CCOCC4)c3c2)c(F)cc1NS(C)(=O)=O.O=C(O)c1ccc2nc(C(F)(F)F)cc(OC3CCOCC3)c2c1. The minimum absolute atomic E-state index is 0.00659. The molecule has 2 atom stereocenters. The number of aryl methyl sites for hydroxylation is 2. The zero-order valence-electron chi connectivity index (χ0n) is 52.4. The van der Waals surface area contributed by atoms with Gasteiger partial charge in [-0.3, -0.25) is 19.0 Å². The number of aromatic nitrogens is 3. The Balaban J connectivity index is 0.000000195. The van der Waals surface area contributed by atoms with E-state index in [2.05, 4.69) is 29.7 Å². The summed E-state index contributed by atoms with van der Waals surface area (Å²) in [5, 5.41) is 12.5. The fourth-order valence-electron chi connectivity index (χ4n) is 9.71. The molecule has 19 nitrogen and oxygen atoms in total. The Bertz CT molecular complexity index is 4500. The number of nitrogens with two attached hydrogens (primary N) is 1. The van der Waals surface area contributed by atoms with E-state index < -0.39 is 91.3 Å². The van der Waals surface area contributed by atoms with Gasteiger partial charge in [0.15, 0.2) is 5.78 Å². The zero-order valence-corrected chi connectivity index (χ0v) is 54.8. The van der Waals surface area contributed by atoms with Crippen molar-refractivity contribution in [2.75, 3.05) is 48.4 Å². The Labute approximate surface area is 553 Å².